The van der Waals surface area contributed by atoms with E-state index in [4.69, 9.17) is 9.47 Å². The first-order valence-corrected chi connectivity index (χ1v) is 21.2. The Kier molecular flexibility index (Phi) is 16.9. The van der Waals surface area contributed by atoms with Gasteiger partial charge in [-0.15, -0.1) is 0 Å². The van der Waals surface area contributed by atoms with Crippen LogP contribution >= 0.6 is 0 Å². The normalized spacial score (nSPS) is 30.8. The molecule has 3 unspecified atom stereocenters. The lowest BCUT2D eigenvalue weighted by molar-refractivity contribution is -0.156. The van der Waals surface area contributed by atoms with Crippen molar-refractivity contribution < 1.29 is 48.8 Å². The van der Waals surface area contributed by atoms with E-state index >= 15 is 0 Å². The van der Waals surface area contributed by atoms with Gasteiger partial charge in [0, 0.05) is 25.0 Å². The lowest BCUT2D eigenvalue weighted by Crippen LogP contribution is -2.63. The zero-order chi connectivity index (χ0) is 44.4. The molecule has 1 aromatic rings. The Balaban J connectivity index is 1.72. The van der Waals surface area contributed by atoms with Crippen molar-refractivity contribution >= 4 is 29.7 Å². The van der Waals surface area contributed by atoms with Gasteiger partial charge in [-0.1, -0.05) is 69.4 Å². The Hall–Kier alpha value is -4.79. The topological polar surface area (TPSA) is 204 Å². The van der Waals surface area contributed by atoms with E-state index in [9.17, 15) is 39.3 Å². The van der Waals surface area contributed by atoms with E-state index in [2.05, 4.69) is 16.1 Å². The zero-order valence-corrected chi connectivity index (χ0v) is 36.4. The molecule has 2 heterocycles. The van der Waals surface area contributed by atoms with Crippen molar-refractivity contribution in [3.8, 4) is 5.75 Å². The van der Waals surface area contributed by atoms with E-state index in [-0.39, 0.29) is 43.9 Å². The molecule has 6 N–H and O–H groups in total. The summed E-state index contributed by atoms with van der Waals surface area (Å²) in [7, 11) is 0. The van der Waals surface area contributed by atoms with Crippen molar-refractivity contribution in [3.63, 3.8) is 0 Å². The van der Waals surface area contributed by atoms with E-state index in [0.717, 1.165) is 0 Å². The Morgan fingerprint density at radius 3 is 2.43 bits per heavy atom. The molecule has 2 bridgehead atoms. The SMILES string of the molecule is C/C(=C\C=C\C(=O)OC(C)(C)C)[C@@H]1C/C=C/C=C/C[C@H](C)[C@@H](O)[C@@H](CCC(C)O)C(=O)N[C@@H](C(C)C)C(=O)NC2(C[C@H]2c2cccc(O)c2)C(=O)N2CCCC(N2)C(=O)O1. The third-order valence-electron chi connectivity index (χ3n) is 11.2. The van der Waals surface area contributed by atoms with Crippen LogP contribution in [0.3, 0.4) is 0 Å². The van der Waals surface area contributed by atoms with Gasteiger partial charge in [-0.2, -0.15) is 0 Å². The van der Waals surface area contributed by atoms with Crippen molar-refractivity contribution in [2.24, 2.45) is 17.8 Å². The summed E-state index contributed by atoms with van der Waals surface area (Å²) >= 11 is 0. The summed E-state index contributed by atoms with van der Waals surface area (Å²) in [5.41, 5.74) is 2.22. The minimum Gasteiger partial charge on any atom is -0.508 e. The first-order chi connectivity index (χ1) is 28.2. The highest BCUT2D eigenvalue weighted by molar-refractivity contribution is 5.98. The van der Waals surface area contributed by atoms with E-state index < -0.39 is 88.9 Å². The van der Waals surface area contributed by atoms with Gasteiger partial charge in [0.2, 0.25) is 11.8 Å². The maximum absolute atomic E-state index is 14.7. The fourth-order valence-corrected chi connectivity index (χ4v) is 7.61. The summed E-state index contributed by atoms with van der Waals surface area (Å²) in [4.78, 5) is 69.2. The number of rotatable bonds is 8. The molecule has 2 fully saturated rings. The minimum absolute atomic E-state index is 0.00134. The van der Waals surface area contributed by atoms with Crippen molar-refractivity contribution in [1.29, 1.82) is 0 Å². The van der Waals surface area contributed by atoms with Gasteiger partial charge in [0.15, 0.2) is 0 Å². The predicted octanol–water partition coefficient (Wildman–Crippen LogP) is 4.81. The van der Waals surface area contributed by atoms with Crippen LogP contribution in [0.1, 0.15) is 112 Å². The average molecular weight is 835 g/mol. The van der Waals surface area contributed by atoms with Crippen LogP contribution in [0.25, 0.3) is 0 Å². The Morgan fingerprint density at radius 1 is 1.08 bits per heavy atom. The van der Waals surface area contributed by atoms with Gasteiger partial charge in [0.05, 0.1) is 18.1 Å². The number of aromatic hydroxyl groups is 1. The number of hydrogen-bond acceptors (Lipinski definition) is 11. The highest BCUT2D eigenvalue weighted by Gasteiger charge is 2.64. The van der Waals surface area contributed by atoms with E-state index in [1.165, 1.54) is 17.2 Å². The van der Waals surface area contributed by atoms with Gasteiger partial charge >= 0.3 is 11.9 Å². The standard InChI is InChI=1S/C46H66N4O10/c1-28(2)39-42(56)48-46(27-35(46)32-18-14-19-33(52)26-32)44(58)50-25-15-20-36(49-50)43(57)59-37(29(3)17-13-22-38(53)60-45(6,7)8)21-12-10-9-11-16-30(4)40(54)34(41(55)47-39)24-23-31(5)51/h9-14,17-19,22,26,28,30-31,34-37,39-40,49,51-52,54H,15-16,20-21,23-25,27H2,1-8H3,(H,47,55)(H,48,56)/b11-9+,12-10+,22-13+,29-17+/t30-,31?,34+,35-,36?,37-,39-,40+,46?/m0/s1. The number of aliphatic hydroxyl groups is 2. The zero-order valence-electron chi connectivity index (χ0n) is 36.4. The molecule has 1 aromatic carbocycles. The van der Waals surface area contributed by atoms with Crippen LogP contribution in [-0.4, -0.2) is 98.1 Å². The number of carbonyl (C=O) groups excluding carboxylic acids is 5. The quantitative estimate of drug-likeness (QED) is 0.119. The molecule has 4 rings (SSSR count). The van der Waals surface area contributed by atoms with Crippen LogP contribution in [-0.2, 0) is 33.4 Å². The number of esters is 2. The average Bonchev–Trinajstić information content (AvgIpc) is 3.90. The van der Waals surface area contributed by atoms with Gasteiger partial charge in [-0.05, 0) is 108 Å². The molecule has 0 radical (unpaired) electrons. The van der Waals surface area contributed by atoms with Gasteiger partial charge in [0.25, 0.3) is 5.91 Å². The number of aliphatic hydroxyl groups excluding tert-OH is 2. The highest BCUT2D eigenvalue weighted by atomic mass is 16.6. The maximum atomic E-state index is 14.7. The van der Waals surface area contributed by atoms with Crippen molar-refractivity contribution in [2.45, 2.75) is 148 Å². The van der Waals surface area contributed by atoms with Crippen LogP contribution in [0.5, 0.6) is 5.75 Å². The molecule has 60 heavy (non-hydrogen) atoms. The third-order valence-corrected chi connectivity index (χ3v) is 11.2. The second kappa shape index (κ2) is 21.1. The number of allylic oxidation sites excluding steroid dienone is 5. The third kappa shape index (κ3) is 13.4. The first kappa shape index (κ1) is 47.9. The predicted molar refractivity (Wildman–Crippen MR) is 227 cm³/mol. The second-order valence-corrected chi connectivity index (χ2v) is 17.9. The number of ether oxygens (including phenoxy) is 2. The molecule has 2 aliphatic heterocycles. The largest absolute Gasteiger partial charge is 0.508 e. The minimum atomic E-state index is -1.47. The Morgan fingerprint density at radius 2 is 1.78 bits per heavy atom. The summed E-state index contributed by atoms with van der Waals surface area (Å²) in [5, 5.41) is 39.2. The fourth-order valence-electron chi connectivity index (χ4n) is 7.61. The smallest absolute Gasteiger partial charge is 0.331 e. The van der Waals surface area contributed by atoms with Crippen LogP contribution in [0.15, 0.2) is 72.4 Å². The molecule has 1 saturated heterocycles. The monoisotopic (exact) mass is 834 g/mol. The molecule has 14 nitrogen and oxygen atoms in total. The van der Waals surface area contributed by atoms with Crippen molar-refractivity contribution in [1.82, 2.24) is 21.1 Å². The number of phenols is 1. The summed E-state index contributed by atoms with van der Waals surface area (Å²) in [6, 6.07) is 4.51. The highest BCUT2D eigenvalue weighted by Crippen LogP contribution is 2.53. The van der Waals surface area contributed by atoms with Gasteiger partial charge < -0.3 is 35.4 Å². The molecule has 0 aromatic heterocycles. The van der Waals surface area contributed by atoms with Crippen LogP contribution < -0.4 is 16.1 Å². The number of carbonyl (C=O) groups is 5. The van der Waals surface area contributed by atoms with Gasteiger partial charge in [-0.25, -0.2) is 10.2 Å². The molecule has 330 valence electrons. The first-order valence-electron chi connectivity index (χ1n) is 21.2. The molecule has 1 aliphatic carbocycles. The number of hydrogen-bond donors (Lipinski definition) is 6. The number of hydrazine groups is 1. The van der Waals surface area contributed by atoms with E-state index in [0.29, 0.717) is 30.4 Å². The second-order valence-electron chi connectivity index (χ2n) is 17.9. The number of phenolic OH excluding ortho intramolecular Hbond substituents is 1. The Bertz CT molecular complexity index is 1810. The van der Waals surface area contributed by atoms with E-state index in [1.54, 1.807) is 84.9 Å². The number of benzene rings is 1. The van der Waals surface area contributed by atoms with Gasteiger partial charge in [-0.3, -0.25) is 24.2 Å². The molecule has 14 heteroatoms. The number of amides is 3. The lowest BCUT2D eigenvalue weighted by Gasteiger charge is -2.36. The molecule has 1 spiro atoms. The fraction of sp³-hybridized carbons (Fsp3) is 0.587. The van der Waals surface area contributed by atoms with Crippen LogP contribution in [0, 0.1) is 17.8 Å². The summed E-state index contributed by atoms with van der Waals surface area (Å²) in [6.45, 7) is 14.3. The van der Waals surface area contributed by atoms with E-state index in [1.807, 2.05) is 25.2 Å². The Labute approximate surface area is 354 Å². The summed E-state index contributed by atoms with van der Waals surface area (Å²) in [5.74, 6) is -4.98. The van der Waals surface area contributed by atoms with Crippen LogP contribution in [0.4, 0.5) is 0 Å². The molecule has 3 aliphatic rings. The summed E-state index contributed by atoms with van der Waals surface area (Å²) in [6.07, 6.45) is 11.4. The molecule has 3 amide bonds. The van der Waals surface area contributed by atoms with Crippen molar-refractivity contribution in [3.05, 3.63) is 77.9 Å². The molecular formula is C46H66N4O10. The molecule has 1 saturated carbocycles. The van der Waals surface area contributed by atoms with Crippen LogP contribution in [0.2, 0.25) is 0 Å². The van der Waals surface area contributed by atoms with Crippen molar-refractivity contribution in [2.75, 3.05) is 6.54 Å². The molecule has 9 atom stereocenters. The van der Waals surface area contributed by atoms with Gasteiger partial charge in [0.1, 0.15) is 35.1 Å². The maximum Gasteiger partial charge on any atom is 0.331 e. The number of nitrogens with zero attached hydrogens (tertiary/aromatic N) is 1. The number of cyclic esters (lactones) is 1. The number of nitrogens with one attached hydrogen (secondary N) is 3. The lowest BCUT2D eigenvalue weighted by atomic mass is 9.85. The number of fused-ring (bicyclic) bond motifs is 2. The molecular weight excluding hydrogens is 769 g/mol. The summed E-state index contributed by atoms with van der Waals surface area (Å²) < 4.78 is 11.4.